The molecule has 0 aliphatic carbocycles. The number of benzene rings is 1. The molecule has 2 bridgehead atoms. The first-order valence-corrected chi connectivity index (χ1v) is 9.53. The van der Waals surface area contributed by atoms with E-state index in [1.807, 2.05) is 11.8 Å². The van der Waals surface area contributed by atoms with Gasteiger partial charge in [-0.1, -0.05) is 36.0 Å². The predicted molar refractivity (Wildman–Crippen MR) is 96.1 cm³/mol. The van der Waals surface area contributed by atoms with Gasteiger partial charge in [-0.3, -0.25) is 0 Å². The summed E-state index contributed by atoms with van der Waals surface area (Å²) in [6.07, 6.45) is 8.17. The molecule has 0 radical (unpaired) electrons. The van der Waals surface area contributed by atoms with Crippen LogP contribution in [0.3, 0.4) is 0 Å². The van der Waals surface area contributed by atoms with Crippen LogP contribution in [0.1, 0.15) is 24.8 Å². The molecule has 1 aromatic rings. The highest BCUT2D eigenvalue weighted by Gasteiger charge is 2.36. The number of ether oxygens (including phenoxy) is 1. The molecule has 1 atom stereocenters. The molecule has 0 spiro atoms. The Labute approximate surface area is 141 Å². The molecule has 0 aromatic heterocycles. The summed E-state index contributed by atoms with van der Waals surface area (Å²) >= 11 is 1.82. The van der Waals surface area contributed by atoms with Crippen molar-refractivity contribution in [2.45, 2.75) is 19.3 Å². The lowest BCUT2D eigenvalue weighted by Crippen LogP contribution is -2.47. The van der Waals surface area contributed by atoms with Crippen LogP contribution < -0.4 is 4.74 Å². The summed E-state index contributed by atoms with van der Waals surface area (Å²) in [6, 6.07) is 8.54. The van der Waals surface area contributed by atoms with Crippen LogP contribution in [-0.2, 0) is 0 Å². The van der Waals surface area contributed by atoms with E-state index in [0.29, 0.717) is 0 Å². The lowest BCUT2D eigenvalue weighted by atomic mass is 9.75. The minimum Gasteiger partial charge on any atom is -0.456 e. The molecule has 5 aliphatic heterocycles. The molecule has 2 nitrogen and oxygen atoms in total. The zero-order valence-corrected chi connectivity index (χ0v) is 14.0. The fraction of sp³-hybridized carbons (Fsp3) is 0.400. The quantitative estimate of drug-likeness (QED) is 0.785. The Hall–Kier alpha value is -1.45. The van der Waals surface area contributed by atoms with Gasteiger partial charge in [0.2, 0.25) is 0 Å². The van der Waals surface area contributed by atoms with Gasteiger partial charge in [-0.05, 0) is 67.3 Å². The molecule has 1 aromatic carbocycles. The zero-order chi connectivity index (χ0) is 15.2. The van der Waals surface area contributed by atoms with E-state index in [1.165, 1.54) is 54.9 Å². The van der Waals surface area contributed by atoms with Crippen LogP contribution >= 0.6 is 11.8 Å². The highest BCUT2D eigenvalue weighted by Crippen LogP contribution is 2.48. The molecule has 3 heteroatoms. The van der Waals surface area contributed by atoms with E-state index >= 15 is 0 Å². The lowest BCUT2D eigenvalue weighted by Gasteiger charge is -2.45. The summed E-state index contributed by atoms with van der Waals surface area (Å²) in [7, 11) is 0. The Kier molecular flexibility index (Phi) is 3.38. The second kappa shape index (κ2) is 5.57. The molecule has 23 heavy (non-hydrogen) atoms. The van der Waals surface area contributed by atoms with Crippen molar-refractivity contribution in [3.05, 3.63) is 58.1 Å². The van der Waals surface area contributed by atoms with E-state index in [1.54, 1.807) is 0 Å². The number of thioether (sulfide) groups is 1. The van der Waals surface area contributed by atoms with Crippen molar-refractivity contribution >= 4 is 17.3 Å². The minimum atomic E-state index is 0.805. The van der Waals surface area contributed by atoms with Gasteiger partial charge in [-0.25, -0.2) is 0 Å². The lowest BCUT2D eigenvalue weighted by molar-refractivity contribution is 0.0536. The van der Waals surface area contributed by atoms with E-state index < -0.39 is 0 Å². The second-order valence-corrected chi connectivity index (χ2v) is 7.90. The van der Waals surface area contributed by atoms with E-state index in [0.717, 1.165) is 23.3 Å². The van der Waals surface area contributed by atoms with Crippen molar-refractivity contribution < 1.29 is 4.74 Å². The van der Waals surface area contributed by atoms with Gasteiger partial charge in [-0.15, -0.1) is 0 Å². The molecule has 0 N–H and O–H groups in total. The van der Waals surface area contributed by atoms with Crippen molar-refractivity contribution in [1.29, 1.82) is 0 Å². The Morgan fingerprint density at radius 2 is 2.04 bits per heavy atom. The van der Waals surface area contributed by atoms with Gasteiger partial charge in [-0.2, -0.15) is 0 Å². The monoisotopic (exact) mass is 323 g/mol. The summed E-state index contributed by atoms with van der Waals surface area (Å²) in [4.78, 5) is 3.99. The first-order valence-electron chi connectivity index (χ1n) is 8.65. The van der Waals surface area contributed by atoms with Gasteiger partial charge in [0, 0.05) is 12.1 Å². The smallest absolute Gasteiger partial charge is 0.141 e. The van der Waals surface area contributed by atoms with Crippen LogP contribution in [0.5, 0.6) is 5.75 Å². The molecule has 3 saturated heterocycles. The van der Waals surface area contributed by atoms with Gasteiger partial charge in [0.15, 0.2) is 0 Å². The van der Waals surface area contributed by atoms with Gasteiger partial charge in [0.25, 0.3) is 0 Å². The number of rotatable bonds is 2. The van der Waals surface area contributed by atoms with Crippen LogP contribution in [-0.4, -0.2) is 24.5 Å². The first kappa shape index (κ1) is 13.9. The third-order valence-corrected chi connectivity index (χ3v) is 6.68. The number of fused-ring (bicyclic) bond motifs is 5. The third kappa shape index (κ3) is 2.38. The highest BCUT2D eigenvalue weighted by atomic mass is 32.2. The molecule has 5 aliphatic rings. The molecule has 6 rings (SSSR count). The van der Waals surface area contributed by atoms with E-state index in [4.69, 9.17) is 4.74 Å². The molecule has 118 valence electrons. The molecule has 0 amide bonds. The van der Waals surface area contributed by atoms with Gasteiger partial charge in [0.1, 0.15) is 11.5 Å². The Morgan fingerprint density at radius 1 is 1.17 bits per heavy atom. The van der Waals surface area contributed by atoms with Crippen molar-refractivity contribution in [3.8, 4) is 5.75 Å². The van der Waals surface area contributed by atoms with Crippen LogP contribution in [0.15, 0.2) is 52.5 Å². The van der Waals surface area contributed by atoms with Crippen LogP contribution in [0, 0.1) is 11.8 Å². The predicted octanol–water partition coefficient (Wildman–Crippen LogP) is 4.67. The third-order valence-electron chi connectivity index (χ3n) is 5.70. The van der Waals surface area contributed by atoms with Crippen molar-refractivity contribution in [2.24, 2.45) is 11.8 Å². The van der Waals surface area contributed by atoms with Crippen molar-refractivity contribution in [1.82, 2.24) is 4.90 Å². The normalized spacial score (nSPS) is 31.3. The number of hydrogen-bond donors (Lipinski definition) is 0. The van der Waals surface area contributed by atoms with Crippen LogP contribution in [0.2, 0.25) is 0 Å². The number of nitrogens with zero attached hydrogens (tertiary/aromatic N) is 1. The van der Waals surface area contributed by atoms with E-state index in [2.05, 4.69) is 46.7 Å². The number of piperidine rings is 3. The largest absolute Gasteiger partial charge is 0.456 e. The Morgan fingerprint density at radius 3 is 2.87 bits per heavy atom. The standard InChI is InChI=1S/C20H21NOS/c1-2-5-18-16(4-1)17(20-19(22-18)6-3-11-23-20)12-15-13-21-9-7-14(15)8-10-21/h1-6,11,14-15H,7-10,12-13H2. The highest BCUT2D eigenvalue weighted by molar-refractivity contribution is 8.06. The number of allylic oxidation sites excluding steroid dienone is 3. The fourth-order valence-corrected chi connectivity index (χ4v) is 5.35. The molecular formula is C20H21NOS. The Balaban J connectivity index is 1.54. The fourth-order valence-electron chi connectivity index (χ4n) is 4.50. The van der Waals surface area contributed by atoms with Crippen molar-refractivity contribution in [2.75, 3.05) is 19.6 Å². The number of hydrogen-bond acceptors (Lipinski definition) is 3. The molecule has 3 fully saturated rings. The van der Waals surface area contributed by atoms with Gasteiger partial charge in [0.05, 0.1) is 4.91 Å². The maximum absolute atomic E-state index is 6.14. The summed E-state index contributed by atoms with van der Waals surface area (Å²) in [6.45, 7) is 3.91. The second-order valence-electron chi connectivity index (χ2n) is 6.99. The average molecular weight is 323 g/mol. The van der Waals surface area contributed by atoms with Gasteiger partial charge < -0.3 is 9.64 Å². The Bertz CT molecular complexity index is 725. The summed E-state index contributed by atoms with van der Waals surface area (Å²) in [5, 5.41) is 2.17. The van der Waals surface area contributed by atoms with Crippen LogP contribution in [0.4, 0.5) is 0 Å². The maximum Gasteiger partial charge on any atom is 0.141 e. The summed E-state index contributed by atoms with van der Waals surface area (Å²) in [5.41, 5.74) is 2.81. The summed E-state index contributed by atoms with van der Waals surface area (Å²) in [5.74, 6) is 3.78. The molecule has 0 saturated carbocycles. The van der Waals surface area contributed by atoms with E-state index in [-0.39, 0.29) is 0 Å². The minimum absolute atomic E-state index is 0.805. The van der Waals surface area contributed by atoms with Crippen LogP contribution in [0.25, 0.3) is 5.57 Å². The zero-order valence-electron chi connectivity index (χ0n) is 13.2. The average Bonchev–Trinajstić information content (AvgIpc) is 2.62. The van der Waals surface area contributed by atoms with Gasteiger partial charge >= 0.3 is 0 Å². The number of para-hydroxylation sites is 1. The summed E-state index contributed by atoms with van der Waals surface area (Å²) < 4.78 is 6.14. The van der Waals surface area contributed by atoms with E-state index in [9.17, 15) is 0 Å². The SMILES string of the molecule is C1=CSC2=C(CC3CN4CCC3CC4)c3ccccc3OC2=C1. The molecule has 1 unspecified atom stereocenters. The maximum atomic E-state index is 6.14. The first-order chi connectivity index (χ1) is 11.4. The molecular weight excluding hydrogens is 302 g/mol. The van der Waals surface area contributed by atoms with Crippen molar-refractivity contribution in [3.63, 3.8) is 0 Å². The topological polar surface area (TPSA) is 12.5 Å². The molecule has 5 heterocycles.